The molecule has 2 N–H and O–H groups in total. The number of unbranched alkanes of at least 4 members (excludes halogenated alkanes) is 2. The molecule has 0 aromatic heterocycles. The Hall–Kier alpha value is -3.68. The molecule has 204 valence electrons. The van der Waals surface area contributed by atoms with Crippen LogP contribution in [0.25, 0.3) is 0 Å². The molecule has 8 nitrogen and oxygen atoms in total. The molecule has 0 unspecified atom stereocenters. The van der Waals surface area contributed by atoms with Gasteiger partial charge in [-0.25, -0.2) is 0 Å². The summed E-state index contributed by atoms with van der Waals surface area (Å²) in [7, 11) is 0. The van der Waals surface area contributed by atoms with Crippen molar-refractivity contribution in [2.75, 3.05) is 13.2 Å². The van der Waals surface area contributed by atoms with Crippen molar-refractivity contribution in [1.29, 1.82) is 0 Å². The molecule has 0 atom stereocenters. The van der Waals surface area contributed by atoms with Crippen molar-refractivity contribution in [3.63, 3.8) is 0 Å². The summed E-state index contributed by atoms with van der Waals surface area (Å²) in [5.74, 6) is -0.729. The third-order valence-corrected chi connectivity index (χ3v) is 6.48. The number of nitrogens with zero attached hydrogens (tertiary/aromatic N) is 1. The molecule has 2 aromatic rings. The summed E-state index contributed by atoms with van der Waals surface area (Å²) in [6.07, 6.45) is 3.09. The molecule has 0 fully saturated rings. The second-order valence-electron chi connectivity index (χ2n) is 11.6. The molecule has 1 aliphatic heterocycles. The smallest absolute Gasteiger partial charge is 0.276 e. The van der Waals surface area contributed by atoms with Crippen LogP contribution in [0.3, 0.4) is 0 Å². The number of amides is 4. The van der Waals surface area contributed by atoms with Crippen LogP contribution in [0, 0.1) is 5.41 Å². The van der Waals surface area contributed by atoms with Crippen LogP contribution in [-0.4, -0.2) is 41.7 Å². The van der Waals surface area contributed by atoms with E-state index in [1.165, 1.54) is 10.5 Å². The molecule has 38 heavy (non-hydrogen) atoms. The standard InChI is InChI=1S/C30H39N3O5/c1-29(2,3)20-30(4,5)21-14-16-22(17-15-21)38-19-26(35)32-31-25(34)13-7-6-10-18-33-27(36)23-11-8-9-12-24(23)28(33)37/h8-9,11-12,14-17H,6-7,10,13,18-20H2,1-5H3,(H,31,34)(H,32,35). The molecule has 8 heteroatoms. The predicted molar refractivity (Wildman–Crippen MR) is 146 cm³/mol. The molecular weight excluding hydrogens is 482 g/mol. The number of ether oxygens (including phenoxy) is 1. The van der Waals surface area contributed by atoms with E-state index in [1.54, 1.807) is 24.3 Å². The van der Waals surface area contributed by atoms with Crippen LogP contribution >= 0.6 is 0 Å². The van der Waals surface area contributed by atoms with Gasteiger partial charge < -0.3 is 4.74 Å². The number of rotatable bonds is 11. The van der Waals surface area contributed by atoms with Gasteiger partial charge in [0.1, 0.15) is 5.75 Å². The number of benzene rings is 2. The number of hydrogen-bond donors (Lipinski definition) is 2. The third-order valence-electron chi connectivity index (χ3n) is 6.48. The van der Waals surface area contributed by atoms with E-state index in [-0.39, 0.29) is 41.6 Å². The number of fused-ring (bicyclic) bond motifs is 1. The first-order valence-electron chi connectivity index (χ1n) is 13.1. The number of carbonyl (C=O) groups is 4. The fourth-order valence-electron chi connectivity index (χ4n) is 4.99. The Balaban J connectivity index is 1.29. The van der Waals surface area contributed by atoms with E-state index in [2.05, 4.69) is 45.5 Å². The van der Waals surface area contributed by atoms with E-state index in [4.69, 9.17) is 4.74 Å². The highest BCUT2D eigenvalue weighted by Gasteiger charge is 2.34. The van der Waals surface area contributed by atoms with Gasteiger partial charge in [0.05, 0.1) is 11.1 Å². The zero-order chi connectivity index (χ0) is 27.9. The van der Waals surface area contributed by atoms with Gasteiger partial charge in [-0.1, -0.05) is 65.3 Å². The minimum atomic E-state index is -0.457. The molecule has 3 rings (SSSR count). The highest BCUT2D eigenvalue weighted by atomic mass is 16.5. The summed E-state index contributed by atoms with van der Waals surface area (Å²) in [5, 5.41) is 0. The van der Waals surface area contributed by atoms with E-state index < -0.39 is 5.91 Å². The second kappa shape index (κ2) is 12.2. The molecule has 0 spiro atoms. The van der Waals surface area contributed by atoms with Crippen LogP contribution in [0.2, 0.25) is 0 Å². The fourth-order valence-corrected chi connectivity index (χ4v) is 4.99. The van der Waals surface area contributed by atoms with Gasteiger partial charge in [0.15, 0.2) is 6.61 Å². The summed E-state index contributed by atoms with van der Waals surface area (Å²) < 4.78 is 5.55. The molecule has 2 aromatic carbocycles. The molecular formula is C30H39N3O5. The van der Waals surface area contributed by atoms with Gasteiger partial charge in [0.25, 0.3) is 17.7 Å². The van der Waals surface area contributed by atoms with Gasteiger partial charge in [-0.05, 0) is 59.9 Å². The summed E-state index contributed by atoms with van der Waals surface area (Å²) in [5.41, 5.74) is 7.07. The third kappa shape index (κ3) is 7.91. The van der Waals surface area contributed by atoms with Crippen LogP contribution in [0.4, 0.5) is 0 Å². The van der Waals surface area contributed by atoms with Crippen molar-refractivity contribution in [2.24, 2.45) is 5.41 Å². The minimum absolute atomic E-state index is 0.0212. The number of carbonyl (C=O) groups excluding carboxylic acids is 4. The number of imide groups is 1. The van der Waals surface area contributed by atoms with Gasteiger partial charge in [0.2, 0.25) is 5.91 Å². The van der Waals surface area contributed by atoms with Crippen molar-refractivity contribution in [2.45, 2.75) is 72.1 Å². The maximum atomic E-state index is 12.4. The summed E-state index contributed by atoms with van der Waals surface area (Å²) in [4.78, 5) is 50.1. The van der Waals surface area contributed by atoms with Crippen LogP contribution in [0.1, 0.15) is 93.0 Å². The lowest BCUT2D eigenvalue weighted by atomic mass is 9.72. The fraction of sp³-hybridized carbons (Fsp3) is 0.467. The molecule has 1 aliphatic rings. The normalized spacial score (nSPS) is 13.3. The van der Waals surface area contributed by atoms with E-state index >= 15 is 0 Å². The zero-order valence-corrected chi connectivity index (χ0v) is 23.1. The largest absolute Gasteiger partial charge is 0.484 e. The average molecular weight is 522 g/mol. The van der Waals surface area contributed by atoms with Gasteiger partial charge in [0, 0.05) is 13.0 Å². The van der Waals surface area contributed by atoms with Crippen molar-refractivity contribution in [1.82, 2.24) is 15.8 Å². The number of nitrogens with one attached hydrogen (secondary N) is 2. The minimum Gasteiger partial charge on any atom is -0.484 e. The molecule has 0 saturated carbocycles. The molecule has 0 aliphatic carbocycles. The Bertz CT molecular complexity index is 1130. The van der Waals surface area contributed by atoms with Gasteiger partial charge >= 0.3 is 0 Å². The maximum Gasteiger partial charge on any atom is 0.276 e. The lowest BCUT2D eigenvalue weighted by molar-refractivity contribution is -0.130. The van der Waals surface area contributed by atoms with Crippen LogP contribution in [-0.2, 0) is 15.0 Å². The molecule has 0 bridgehead atoms. The molecule has 0 saturated heterocycles. The monoisotopic (exact) mass is 521 g/mol. The van der Waals surface area contributed by atoms with Crippen LogP contribution < -0.4 is 15.6 Å². The zero-order valence-electron chi connectivity index (χ0n) is 23.1. The SMILES string of the molecule is CC(C)(C)CC(C)(C)c1ccc(OCC(=O)NNC(=O)CCCCCN2C(=O)c3ccccc3C2=O)cc1. The van der Waals surface area contributed by atoms with Gasteiger partial charge in [-0.3, -0.25) is 34.9 Å². The number of hydrogen-bond acceptors (Lipinski definition) is 5. The van der Waals surface area contributed by atoms with Crippen LogP contribution in [0.5, 0.6) is 5.75 Å². The first-order valence-corrected chi connectivity index (χ1v) is 13.1. The first-order chi connectivity index (χ1) is 17.9. The Labute approximate surface area is 225 Å². The van der Waals surface area contributed by atoms with E-state index in [0.717, 1.165) is 6.42 Å². The summed E-state index contributed by atoms with van der Waals surface area (Å²) in [6.45, 7) is 11.2. The van der Waals surface area contributed by atoms with Crippen molar-refractivity contribution in [3.05, 3.63) is 65.2 Å². The van der Waals surface area contributed by atoms with E-state index in [9.17, 15) is 19.2 Å². The summed E-state index contributed by atoms with van der Waals surface area (Å²) in [6, 6.07) is 14.5. The second-order valence-corrected chi connectivity index (χ2v) is 11.6. The predicted octanol–water partition coefficient (Wildman–Crippen LogP) is 4.78. The van der Waals surface area contributed by atoms with Gasteiger partial charge in [-0.2, -0.15) is 0 Å². The van der Waals surface area contributed by atoms with E-state index in [1.807, 2.05) is 24.3 Å². The Morgan fingerprint density at radius 1 is 0.789 bits per heavy atom. The lowest BCUT2D eigenvalue weighted by Gasteiger charge is -2.33. The van der Waals surface area contributed by atoms with Crippen molar-refractivity contribution < 1.29 is 23.9 Å². The average Bonchev–Trinajstić information content (AvgIpc) is 3.09. The summed E-state index contributed by atoms with van der Waals surface area (Å²) >= 11 is 0. The number of hydrazine groups is 1. The van der Waals surface area contributed by atoms with Crippen molar-refractivity contribution in [3.8, 4) is 5.75 Å². The van der Waals surface area contributed by atoms with Crippen LogP contribution in [0.15, 0.2) is 48.5 Å². The maximum absolute atomic E-state index is 12.4. The Kier molecular flexibility index (Phi) is 9.31. The highest BCUT2D eigenvalue weighted by molar-refractivity contribution is 6.21. The molecule has 4 amide bonds. The Morgan fingerprint density at radius 2 is 1.37 bits per heavy atom. The first kappa shape index (κ1) is 28.9. The lowest BCUT2D eigenvalue weighted by Crippen LogP contribution is -2.43. The van der Waals surface area contributed by atoms with Crippen molar-refractivity contribution >= 4 is 23.6 Å². The van der Waals surface area contributed by atoms with E-state index in [0.29, 0.717) is 42.7 Å². The Morgan fingerprint density at radius 3 is 1.95 bits per heavy atom. The topological polar surface area (TPSA) is 105 Å². The highest BCUT2D eigenvalue weighted by Crippen LogP contribution is 2.36. The molecule has 1 heterocycles. The quantitative estimate of drug-likeness (QED) is 0.252. The molecule has 0 radical (unpaired) electrons. The van der Waals surface area contributed by atoms with Gasteiger partial charge in [-0.15, -0.1) is 0 Å².